The van der Waals surface area contributed by atoms with Crippen LogP contribution in [0.1, 0.15) is 12.5 Å². The summed E-state index contributed by atoms with van der Waals surface area (Å²) in [6, 6.07) is 5.72. The van der Waals surface area contributed by atoms with Crippen LogP contribution >= 0.6 is 0 Å². The molecule has 2 aromatic rings. The highest BCUT2D eigenvalue weighted by molar-refractivity contribution is 5.82. The van der Waals surface area contributed by atoms with Gasteiger partial charge in [-0.2, -0.15) is 0 Å². The second-order valence-electron chi connectivity index (χ2n) is 4.17. The number of fused-ring (bicyclic) bond motifs is 1. The minimum atomic E-state index is -0.0972. The van der Waals surface area contributed by atoms with Crippen LogP contribution in [0.2, 0.25) is 0 Å². The number of imidazole rings is 1. The van der Waals surface area contributed by atoms with E-state index in [9.17, 15) is 4.79 Å². The lowest BCUT2D eigenvalue weighted by Gasteiger charge is -2.11. The molecule has 1 aromatic carbocycles. The molecule has 1 unspecified atom stereocenters. The van der Waals surface area contributed by atoms with E-state index < -0.39 is 0 Å². The average Bonchev–Trinajstić information content (AvgIpc) is 2.93. The third-order valence-corrected chi connectivity index (χ3v) is 3.19. The van der Waals surface area contributed by atoms with Crippen LogP contribution < -0.4 is 10.4 Å². The summed E-state index contributed by atoms with van der Waals surface area (Å²) in [5.41, 5.74) is 1.54. The Morgan fingerprint density at radius 2 is 2.41 bits per heavy atom. The Bertz CT molecular complexity index is 593. The Morgan fingerprint density at radius 3 is 3.12 bits per heavy atom. The number of nitrogens with one attached hydrogen (secondary N) is 1. The third-order valence-electron chi connectivity index (χ3n) is 3.19. The number of ether oxygens (including phenoxy) is 2. The van der Waals surface area contributed by atoms with Crippen molar-refractivity contribution in [2.45, 2.75) is 12.5 Å². The molecule has 0 amide bonds. The predicted molar refractivity (Wildman–Crippen MR) is 63.6 cm³/mol. The summed E-state index contributed by atoms with van der Waals surface area (Å²) in [4.78, 5) is 14.8. The lowest BCUT2D eigenvalue weighted by atomic mass is 10.2. The fraction of sp³-hybridized carbons (Fsp3) is 0.417. The molecule has 1 N–H and O–H groups in total. The number of para-hydroxylation sites is 1. The Labute approximate surface area is 98.0 Å². The number of H-pyrrole nitrogens is 1. The van der Waals surface area contributed by atoms with Crippen molar-refractivity contribution < 1.29 is 9.47 Å². The lowest BCUT2D eigenvalue weighted by molar-refractivity contribution is 0.186. The first kappa shape index (κ1) is 10.4. The van der Waals surface area contributed by atoms with Crippen LogP contribution in [-0.4, -0.2) is 29.9 Å². The van der Waals surface area contributed by atoms with E-state index in [2.05, 4.69) is 4.98 Å². The Kier molecular flexibility index (Phi) is 2.40. The Balaban J connectivity index is 2.28. The second-order valence-corrected chi connectivity index (χ2v) is 4.17. The number of benzene rings is 1. The zero-order chi connectivity index (χ0) is 11.8. The monoisotopic (exact) mass is 234 g/mol. The largest absolute Gasteiger partial charge is 0.494 e. The predicted octanol–water partition coefficient (Wildman–Crippen LogP) is 1.30. The van der Waals surface area contributed by atoms with Crippen LogP contribution in [0.25, 0.3) is 11.0 Å². The van der Waals surface area contributed by atoms with Gasteiger partial charge in [-0.3, -0.25) is 4.57 Å². The minimum Gasteiger partial charge on any atom is -0.494 e. The summed E-state index contributed by atoms with van der Waals surface area (Å²) >= 11 is 0. The summed E-state index contributed by atoms with van der Waals surface area (Å²) in [6.07, 6.45) is 0.866. The van der Waals surface area contributed by atoms with Crippen molar-refractivity contribution in [2.75, 3.05) is 20.3 Å². The molecule has 17 heavy (non-hydrogen) atoms. The summed E-state index contributed by atoms with van der Waals surface area (Å²) in [6.45, 7) is 1.30. The highest BCUT2D eigenvalue weighted by atomic mass is 16.5. The maximum Gasteiger partial charge on any atom is 0.326 e. The lowest BCUT2D eigenvalue weighted by Crippen LogP contribution is -2.22. The van der Waals surface area contributed by atoms with E-state index in [0.29, 0.717) is 19.0 Å². The van der Waals surface area contributed by atoms with Gasteiger partial charge in [-0.1, -0.05) is 6.07 Å². The van der Waals surface area contributed by atoms with E-state index in [1.807, 2.05) is 18.2 Å². The van der Waals surface area contributed by atoms with Gasteiger partial charge in [0.15, 0.2) is 0 Å². The molecule has 1 atom stereocenters. The molecule has 0 saturated carbocycles. The van der Waals surface area contributed by atoms with Gasteiger partial charge in [0.25, 0.3) is 0 Å². The van der Waals surface area contributed by atoms with Crippen LogP contribution in [-0.2, 0) is 4.74 Å². The van der Waals surface area contributed by atoms with Crippen molar-refractivity contribution in [1.29, 1.82) is 0 Å². The van der Waals surface area contributed by atoms with E-state index >= 15 is 0 Å². The molecule has 2 heterocycles. The Morgan fingerprint density at radius 1 is 1.53 bits per heavy atom. The highest BCUT2D eigenvalue weighted by Crippen LogP contribution is 2.28. The van der Waals surface area contributed by atoms with Gasteiger partial charge in [-0.05, 0) is 18.6 Å². The fourth-order valence-corrected chi connectivity index (χ4v) is 2.39. The van der Waals surface area contributed by atoms with Crippen molar-refractivity contribution in [1.82, 2.24) is 9.55 Å². The first-order valence-corrected chi connectivity index (χ1v) is 5.66. The molecular weight excluding hydrogens is 220 g/mol. The van der Waals surface area contributed by atoms with E-state index in [1.165, 1.54) is 0 Å². The molecule has 1 fully saturated rings. The molecule has 1 aliphatic heterocycles. The number of aromatic amines is 1. The molecule has 5 heteroatoms. The van der Waals surface area contributed by atoms with Gasteiger partial charge in [0, 0.05) is 6.61 Å². The van der Waals surface area contributed by atoms with Crippen molar-refractivity contribution in [3.63, 3.8) is 0 Å². The molecular formula is C12H14N2O3. The van der Waals surface area contributed by atoms with Crippen molar-refractivity contribution >= 4 is 11.0 Å². The smallest absolute Gasteiger partial charge is 0.326 e. The van der Waals surface area contributed by atoms with Crippen molar-refractivity contribution in [2.24, 2.45) is 0 Å². The molecule has 0 aliphatic carbocycles. The van der Waals surface area contributed by atoms with Gasteiger partial charge < -0.3 is 14.5 Å². The number of aromatic nitrogens is 2. The van der Waals surface area contributed by atoms with E-state index in [-0.39, 0.29) is 11.7 Å². The molecule has 0 radical (unpaired) electrons. The standard InChI is InChI=1S/C12H14N2O3/c1-16-10-4-2-3-9-11(10)14(12(15)13-9)8-5-6-17-7-8/h2-4,8H,5-7H2,1H3,(H,13,15). The zero-order valence-electron chi connectivity index (χ0n) is 9.60. The van der Waals surface area contributed by atoms with Gasteiger partial charge >= 0.3 is 5.69 Å². The third kappa shape index (κ3) is 1.54. The van der Waals surface area contributed by atoms with Crippen molar-refractivity contribution in [3.8, 4) is 5.75 Å². The number of methoxy groups -OCH3 is 1. The second kappa shape index (κ2) is 3.92. The van der Waals surface area contributed by atoms with Crippen LogP contribution in [0.5, 0.6) is 5.75 Å². The van der Waals surface area contributed by atoms with Crippen LogP contribution in [0.15, 0.2) is 23.0 Å². The van der Waals surface area contributed by atoms with Gasteiger partial charge in [-0.25, -0.2) is 4.79 Å². The van der Waals surface area contributed by atoms with Crippen LogP contribution in [0.4, 0.5) is 0 Å². The maximum atomic E-state index is 12.0. The molecule has 0 bridgehead atoms. The molecule has 1 aromatic heterocycles. The van der Waals surface area contributed by atoms with Crippen LogP contribution in [0, 0.1) is 0 Å². The maximum absolute atomic E-state index is 12.0. The molecule has 1 aliphatic rings. The molecule has 5 nitrogen and oxygen atoms in total. The van der Waals surface area contributed by atoms with Gasteiger partial charge in [0.2, 0.25) is 0 Å². The summed E-state index contributed by atoms with van der Waals surface area (Å²) in [5, 5.41) is 0. The van der Waals surface area contributed by atoms with Crippen molar-refractivity contribution in [3.05, 3.63) is 28.7 Å². The molecule has 3 rings (SSSR count). The zero-order valence-corrected chi connectivity index (χ0v) is 9.60. The number of hydrogen-bond donors (Lipinski definition) is 1. The van der Waals surface area contributed by atoms with E-state index in [1.54, 1.807) is 11.7 Å². The van der Waals surface area contributed by atoms with Gasteiger partial charge in [0.1, 0.15) is 11.3 Å². The highest BCUT2D eigenvalue weighted by Gasteiger charge is 2.23. The van der Waals surface area contributed by atoms with Gasteiger partial charge in [0.05, 0.1) is 25.3 Å². The summed E-state index contributed by atoms with van der Waals surface area (Å²) in [7, 11) is 1.61. The van der Waals surface area contributed by atoms with E-state index in [0.717, 1.165) is 17.5 Å². The number of rotatable bonds is 2. The first-order chi connectivity index (χ1) is 8.31. The number of nitrogens with zero attached hydrogens (tertiary/aromatic N) is 1. The minimum absolute atomic E-state index is 0.0972. The number of hydrogen-bond acceptors (Lipinski definition) is 3. The fourth-order valence-electron chi connectivity index (χ4n) is 2.39. The van der Waals surface area contributed by atoms with Gasteiger partial charge in [-0.15, -0.1) is 0 Å². The average molecular weight is 234 g/mol. The Hall–Kier alpha value is -1.75. The quantitative estimate of drug-likeness (QED) is 0.852. The molecule has 0 spiro atoms. The molecule has 90 valence electrons. The summed E-state index contributed by atoms with van der Waals surface area (Å²) < 4.78 is 12.4. The normalized spacial score (nSPS) is 19.9. The topological polar surface area (TPSA) is 56.2 Å². The SMILES string of the molecule is COc1cccc2[nH]c(=O)n(C3CCOC3)c12. The van der Waals surface area contributed by atoms with E-state index in [4.69, 9.17) is 9.47 Å². The van der Waals surface area contributed by atoms with Crippen LogP contribution in [0.3, 0.4) is 0 Å². The first-order valence-electron chi connectivity index (χ1n) is 5.66. The molecule has 1 saturated heterocycles. The summed E-state index contributed by atoms with van der Waals surface area (Å²) in [5.74, 6) is 0.716.